The molecule has 0 saturated carbocycles. The first-order valence-electron chi connectivity index (χ1n) is 6.24. The maximum atomic E-state index is 11.9. The normalized spacial score (nSPS) is 21.6. The third-order valence-electron chi connectivity index (χ3n) is 3.46. The van der Waals surface area contributed by atoms with Gasteiger partial charge in [-0.2, -0.15) is 0 Å². The number of aryl methyl sites for hydroxylation is 1. The van der Waals surface area contributed by atoms with Crippen LogP contribution < -0.4 is 10.6 Å². The van der Waals surface area contributed by atoms with Crippen molar-refractivity contribution in [2.24, 2.45) is 0 Å². The molecule has 0 bridgehead atoms. The van der Waals surface area contributed by atoms with E-state index in [0.29, 0.717) is 6.54 Å². The summed E-state index contributed by atoms with van der Waals surface area (Å²) in [7, 11) is 0. The summed E-state index contributed by atoms with van der Waals surface area (Å²) < 4.78 is 1.82. The summed E-state index contributed by atoms with van der Waals surface area (Å²) in [5, 5.41) is 15.7. The van der Waals surface area contributed by atoms with Gasteiger partial charge in [0.2, 0.25) is 5.91 Å². The molecule has 6 nitrogen and oxygen atoms in total. The van der Waals surface area contributed by atoms with Crippen LogP contribution in [0.2, 0.25) is 0 Å². The molecule has 8 heteroatoms. The second kappa shape index (κ2) is 8.46. The first-order chi connectivity index (χ1) is 8.58. The lowest BCUT2D eigenvalue weighted by Gasteiger charge is -2.29. The van der Waals surface area contributed by atoms with Crippen LogP contribution in [0.15, 0.2) is 6.33 Å². The fraction of sp³-hybridized carbons (Fsp3) is 0.667. The van der Waals surface area contributed by atoms with Crippen LogP contribution in [0.25, 0.3) is 0 Å². The van der Waals surface area contributed by atoms with Gasteiger partial charge in [0.1, 0.15) is 6.54 Å². The number of hydrogen-bond acceptors (Lipinski definition) is 4. The molecule has 0 aromatic carbocycles. The van der Waals surface area contributed by atoms with E-state index in [1.165, 1.54) is 0 Å². The smallest absolute Gasteiger partial charge is 0.240 e. The number of imidazole rings is 1. The Morgan fingerprint density at radius 1 is 1.55 bits per heavy atom. The zero-order valence-electron chi connectivity index (χ0n) is 11.6. The summed E-state index contributed by atoms with van der Waals surface area (Å²) in [6.07, 6.45) is 1.92. The number of hydrogen-bond donors (Lipinski definition) is 3. The molecule has 1 amide bonds. The minimum Gasteiger partial charge on any atom is -0.390 e. The number of β-amino-alcohol motifs (C(OH)–C–C–N with tert-alkyl or cyclic N) is 1. The predicted octanol–water partition coefficient (Wildman–Crippen LogP) is 0.183. The van der Waals surface area contributed by atoms with Gasteiger partial charge in [-0.15, -0.1) is 24.8 Å². The van der Waals surface area contributed by atoms with E-state index in [4.69, 9.17) is 0 Å². The number of piperidine rings is 1. The SMILES string of the molecule is Cc1ncn(CC(=O)N[C@@H]2CCNC[C@H]2O)c1C.Cl.Cl. The largest absolute Gasteiger partial charge is 0.390 e. The molecule has 1 saturated heterocycles. The maximum absolute atomic E-state index is 11.9. The lowest BCUT2D eigenvalue weighted by atomic mass is 10.0. The molecule has 116 valence electrons. The van der Waals surface area contributed by atoms with Crippen LogP contribution in [0.3, 0.4) is 0 Å². The number of aliphatic hydroxyl groups excluding tert-OH is 1. The van der Waals surface area contributed by atoms with Crippen molar-refractivity contribution in [3.63, 3.8) is 0 Å². The van der Waals surface area contributed by atoms with E-state index in [0.717, 1.165) is 24.4 Å². The van der Waals surface area contributed by atoms with Crippen molar-refractivity contribution in [3.8, 4) is 0 Å². The Kier molecular flexibility index (Phi) is 8.12. The number of nitrogens with one attached hydrogen (secondary N) is 2. The van der Waals surface area contributed by atoms with Crippen LogP contribution in [-0.4, -0.2) is 45.8 Å². The zero-order valence-corrected chi connectivity index (χ0v) is 13.3. The quantitative estimate of drug-likeness (QED) is 0.741. The highest BCUT2D eigenvalue weighted by atomic mass is 35.5. The van der Waals surface area contributed by atoms with Crippen LogP contribution >= 0.6 is 24.8 Å². The number of halogens is 2. The second-order valence-electron chi connectivity index (χ2n) is 4.78. The molecule has 1 fully saturated rings. The van der Waals surface area contributed by atoms with Crippen LogP contribution in [0.4, 0.5) is 0 Å². The lowest BCUT2D eigenvalue weighted by molar-refractivity contribution is -0.123. The number of carbonyl (C=O) groups excluding carboxylic acids is 1. The molecular formula is C12H22Cl2N4O2. The third-order valence-corrected chi connectivity index (χ3v) is 3.46. The first kappa shape index (κ1) is 19.2. The van der Waals surface area contributed by atoms with Crippen molar-refractivity contribution in [3.05, 3.63) is 17.7 Å². The van der Waals surface area contributed by atoms with Crippen LogP contribution in [0, 0.1) is 13.8 Å². The van der Waals surface area contributed by atoms with Gasteiger partial charge in [0.05, 0.1) is 24.2 Å². The molecule has 0 spiro atoms. The number of nitrogens with zero attached hydrogens (tertiary/aromatic N) is 2. The van der Waals surface area contributed by atoms with E-state index in [1.807, 2.05) is 18.4 Å². The average Bonchev–Trinajstić information content (AvgIpc) is 2.64. The summed E-state index contributed by atoms with van der Waals surface area (Å²) in [5.41, 5.74) is 1.93. The average molecular weight is 325 g/mol. The standard InChI is InChI=1S/C12H20N4O2.2ClH/c1-8-9(2)16(7-14-8)6-12(18)15-10-3-4-13-5-11(10)17;;/h7,10-11,13,17H,3-6H2,1-2H3,(H,15,18);2*1H/t10-,11-;;/m1../s1. The molecule has 0 unspecified atom stereocenters. The molecular weight excluding hydrogens is 303 g/mol. The molecule has 2 atom stereocenters. The van der Waals surface area contributed by atoms with Crippen molar-refractivity contribution in [2.45, 2.75) is 39.0 Å². The lowest BCUT2D eigenvalue weighted by Crippen LogP contribution is -2.53. The van der Waals surface area contributed by atoms with Crippen molar-refractivity contribution in [1.29, 1.82) is 0 Å². The molecule has 0 aliphatic carbocycles. The summed E-state index contributed by atoms with van der Waals surface area (Å²) >= 11 is 0. The van der Waals surface area contributed by atoms with Gasteiger partial charge in [0.15, 0.2) is 0 Å². The number of aliphatic hydroxyl groups is 1. The van der Waals surface area contributed by atoms with Crippen LogP contribution in [0.1, 0.15) is 17.8 Å². The van der Waals surface area contributed by atoms with Gasteiger partial charge in [0.25, 0.3) is 0 Å². The Morgan fingerprint density at radius 3 is 2.80 bits per heavy atom. The van der Waals surface area contributed by atoms with Gasteiger partial charge in [-0.05, 0) is 26.8 Å². The van der Waals surface area contributed by atoms with Gasteiger partial charge in [-0.1, -0.05) is 0 Å². The Morgan fingerprint density at radius 2 is 2.25 bits per heavy atom. The third kappa shape index (κ3) is 4.63. The summed E-state index contributed by atoms with van der Waals surface area (Å²) in [6, 6.07) is -0.149. The molecule has 2 heterocycles. The molecule has 1 aromatic heterocycles. The second-order valence-corrected chi connectivity index (χ2v) is 4.78. The van der Waals surface area contributed by atoms with E-state index in [2.05, 4.69) is 15.6 Å². The number of carbonyl (C=O) groups is 1. The van der Waals surface area contributed by atoms with Crippen LogP contribution in [0.5, 0.6) is 0 Å². The van der Waals surface area contributed by atoms with Crippen LogP contribution in [-0.2, 0) is 11.3 Å². The predicted molar refractivity (Wildman–Crippen MR) is 81.6 cm³/mol. The first-order valence-corrected chi connectivity index (χ1v) is 6.24. The summed E-state index contributed by atoms with van der Waals surface area (Å²) in [6.45, 7) is 5.47. The fourth-order valence-corrected chi connectivity index (χ4v) is 2.12. The summed E-state index contributed by atoms with van der Waals surface area (Å²) in [4.78, 5) is 16.1. The number of aromatic nitrogens is 2. The Labute approximate surface area is 131 Å². The highest BCUT2D eigenvalue weighted by Crippen LogP contribution is 2.06. The van der Waals surface area contributed by atoms with Crippen molar-refractivity contribution >= 4 is 30.7 Å². The molecule has 1 aromatic rings. The topological polar surface area (TPSA) is 79.2 Å². The number of rotatable bonds is 3. The van der Waals surface area contributed by atoms with Gasteiger partial charge in [-0.3, -0.25) is 4.79 Å². The van der Waals surface area contributed by atoms with Gasteiger partial charge < -0.3 is 20.3 Å². The summed E-state index contributed by atoms with van der Waals surface area (Å²) in [5.74, 6) is -0.0820. The fourth-order valence-electron chi connectivity index (χ4n) is 2.12. The number of amides is 1. The van der Waals surface area contributed by atoms with Gasteiger partial charge >= 0.3 is 0 Å². The van der Waals surface area contributed by atoms with Gasteiger partial charge in [0, 0.05) is 12.2 Å². The van der Waals surface area contributed by atoms with E-state index < -0.39 is 6.10 Å². The highest BCUT2D eigenvalue weighted by Gasteiger charge is 2.24. The molecule has 3 N–H and O–H groups in total. The van der Waals surface area contributed by atoms with E-state index >= 15 is 0 Å². The Balaban J connectivity index is 0.00000180. The molecule has 0 radical (unpaired) electrons. The van der Waals surface area contributed by atoms with E-state index in [1.54, 1.807) is 6.33 Å². The zero-order chi connectivity index (χ0) is 13.1. The highest BCUT2D eigenvalue weighted by molar-refractivity contribution is 5.85. The molecule has 1 aliphatic rings. The van der Waals surface area contributed by atoms with Crippen molar-refractivity contribution < 1.29 is 9.90 Å². The Bertz CT molecular complexity index is 439. The van der Waals surface area contributed by atoms with Gasteiger partial charge in [-0.25, -0.2) is 4.98 Å². The molecule has 1 aliphatic heterocycles. The minimum absolute atomic E-state index is 0. The molecule has 20 heavy (non-hydrogen) atoms. The van der Waals surface area contributed by atoms with Crippen molar-refractivity contribution in [2.75, 3.05) is 13.1 Å². The van der Waals surface area contributed by atoms with E-state index in [-0.39, 0.29) is 43.3 Å². The van der Waals surface area contributed by atoms with Crippen molar-refractivity contribution in [1.82, 2.24) is 20.2 Å². The Hall–Kier alpha value is -0.820. The van der Waals surface area contributed by atoms with E-state index in [9.17, 15) is 9.90 Å². The maximum Gasteiger partial charge on any atom is 0.240 e. The monoisotopic (exact) mass is 324 g/mol. The minimum atomic E-state index is -0.506. The molecule has 2 rings (SSSR count).